The Hall–Kier alpha value is -1.42. The van der Waals surface area contributed by atoms with Gasteiger partial charge in [-0.25, -0.2) is 13.4 Å². The van der Waals surface area contributed by atoms with Gasteiger partial charge in [-0.05, 0) is 0 Å². The summed E-state index contributed by atoms with van der Waals surface area (Å²) in [5, 5.41) is 9.40. The Morgan fingerprint density at radius 2 is 2.00 bits per heavy atom. The molecular weight excluding hydrogens is 303 g/mol. The summed E-state index contributed by atoms with van der Waals surface area (Å²) < 4.78 is 66.1. The fourth-order valence-corrected chi connectivity index (χ4v) is 2.13. The number of halogens is 4. The highest BCUT2D eigenvalue weighted by atomic mass is 35.7. The molecular formula is C7H5ClF3NO5S. The fraction of sp³-hybridized carbons (Fsp3) is 0.286. The molecule has 0 fully saturated rings. The van der Waals surface area contributed by atoms with Crippen LogP contribution in [0.4, 0.5) is 13.2 Å². The van der Waals surface area contributed by atoms with Crippen LogP contribution in [0, 0.1) is 0 Å². The highest BCUT2D eigenvalue weighted by Crippen LogP contribution is 2.41. The molecule has 0 radical (unpaired) electrons. The van der Waals surface area contributed by atoms with Gasteiger partial charge in [0.05, 0.1) is 13.3 Å². The topological polar surface area (TPSA) is 85.7 Å². The van der Waals surface area contributed by atoms with Crippen LogP contribution in [0.1, 0.15) is 0 Å². The van der Waals surface area contributed by atoms with E-state index >= 15 is 0 Å². The molecule has 0 saturated heterocycles. The number of rotatable bonds is 3. The maximum Gasteiger partial charge on any atom is 0.573 e. The van der Waals surface area contributed by atoms with Crippen LogP contribution < -0.4 is 9.47 Å². The summed E-state index contributed by atoms with van der Waals surface area (Å²) in [6, 6.07) is 0. The number of pyridine rings is 1. The Labute approximate surface area is 103 Å². The van der Waals surface area contributed by atoms with E-state index in [1.54, 1.807) is 0 Å². The predicted molar refractivity (Wildman–Crippen MR) is 52.2 cm³/mol. The van der Waals surface area contributed by atoms with Crippen molar-refractivity contribution < 1.29 is 36.2 Å². The van der Waals surface area contributed by atoms with Gasteiger partial charge >= 0.3 is 6.36 Å². The molecule has 1 rings (SSSR count). The quantitative estimate of drug-likeness (QED) is 0.854. The number of hydrogen-bond donors (Lipinski definition) is 1. The lowest BCUT2D eigenvalue weighted by molar-refractivity contribution is -0.275. The Morgan fingerprint density at radius 3 is 2.39 bits per heavy atom. The van der Waals surface area contributed by atoms with Gasteiger partial charge in [-0.2, -0.15) is 0 Å². The van der Waals surface area contributed by atoms with Crippen molar-refractivity contribution in [1.29, 1.82) is 0 Å². The molecule has 1 aromatic rings. The first kappa shape index (κ1) is 14.6. The number of alkyl halides is 3. The number of aromatic nitrogens is 1. The lowest BCUT2D eigenvalue weighted by atomic mass is 10.4. The molecule has 0 saturated carbocycles. The third-order valence-corrected chi connectivity index (χ3v) is 2.95. The van der Waals surface area contributed by atoms with Crippen LogP contribution in [0.15, 0.2) is 11.1 Å². The Bertz CT molecular complexity index is 559. The van der Waals surface area contributed by atoms with Crippen LogP contribution in [0.2, 0.25) is 0 Å². The molecule has 6 nitrogen and oxygen atoms in total. The Balaban J connectivity index is 3.50. The Morgan fingerprint density at radius 1 is 1.44 bits per heavy atom. The number of methoxy groups -OCH3 is 1. The van der Waals surface area contributed by atoms with Crippen LogP contribution in [0.5, 0.6) is 17.4 Å². The summed E-state index contributed by atoms with van der Waals surface area (Å²) in [4.78, 5) is 1.96. The minimum atomic E-state index is -5.17. The van der Waals surface area contributed by atoms with Gasteiger partial charge in [-0.3, -0.25) is 0 Å². The molecule has 0 aliphatic rings. The van der Waals surface area contributed by atoms with Gasteiger partial charge in [0.15, 0.2) is 10.6 Å². The van der Waals surface area contributed by atoms with Gasteiger partial charge in [0.2, 0.25) is 5.75 Å². The van der Waals surface area contributed by atoms with Gasteiger partial charge in [0.25, 0.3) is 14.9 Å². The van der Waals surface area contributed by atoms with Gasteiger partial charge < -0.3 is 14.6 Å². The minimum Gasteiger partial charge on any atom is -0.502 e. The van der Waals surface area contributed by atoms with Crippen LogP contribution >= 0.6 is 10.7 Å². The molecule has 0 amide bonds. The van der Waals surface area contributed by atoms with E-state index < -0.39 is 37.7 Å². The largest absolute Gasteiger partial charge is 0.573 e. The molecule has 11 heteroatoms. The monoisotopic (exact) mass is 307 g/mol. The van der Waals surface area contributed by atoms with E-state index in [1.807, 2.05) is 0 Å². The molecule has 0 bridgehead atoms. The van der Waals surface area contributed by atoms with Crippen LogP contribution in [0.25, 0.3) is 0 Å². The van der Waals surface area contributed by atoms with E-state index in [9.17, 15) is 26.7 Å². The number of aromatic hydroxyl groups is 1. The minimum absolute atomic E-state index is 0.418. The van der Waals surface area contributed by atoms with Crippen molar-refractivity contribution in [1.82, 2.24) is 4.98 Å². The molecule has 102 valence electrons. The maximum atomic E-state index is 12.0. The predicted octanol–water partition coefficient (Wildman–Crippen LogP) is 1.62. The van der Waals surface area contributed by atoms with Crippen molar-refractivity contribution >= 4 is 19.7 Å². The van der Waals surface area contributed by atoms with Gasteiger partial charge in [0, 0.05) is 10.7 Å². The van der Waals surface area contributed by atoms with Crippen molar-refractivity contribution in [3.05, 3.63) is 6.20 Å². The SMILES string of the molecule is COc1ncc(OC(F)(F)F)c(S(=O)(=O)Cl)c1O. The first-order chi connectivity index (χ1) is 8.06. The second kappa shape index (κ2) is 4.69. The first-order valence-corrected chi connectivity index (χ1v) is 6.33. The molecule has 1 heterocycles. The second-order valence-electron chi connectivity index (χ2n) is 2.80. The molecule has 1 aromatic heterocycles. The molecule has 0 atom stereocenters. The third kappa shape index (κ3) is 3.29. The first-order valence-electron chi connectivity index (χ1n) is 4.02. The fourth-order valence-electron chi connectivity index (χ4n) is 1.03. The summed E-state index contributed by atoms with van der Waals surface area (Å²) >= 11 is 0. The van der Waals surface area contributed by atoms with Crippen molar-refractivity contribution in [2.24, 2.45) is 0 Å². The lowest BCUT2D eigenvalue weighted by Gasteiger charge is -2.13. The highest BCUT2D eigenvalue weighted by Gasteiger charge is 2.36. The molecule has 0 unspecified atom stereocenters. The molecule has 0 aliphatic carbocycles. The summed E-state index contributed by atoms with van der Waals surface area (Å²) in [7, 11) is 1.24. The second-order valence-corrected chi connectivity index (χ2v) is 5.30. The zero-order chi connectivity index (χ0) is 14.1. The summed E-state index contributed by atoms with van der Waals surface area (Å²) in [5.74, 6) is -3.03. The molecule has 1 N–H and O–H groups in total. The van der Waals surface area contributed by atoms with Gasteiger partial charge in [0.1, 0.15) is 0 Å². The van der Waals surface area contributed by atoms with E-state index in [4.69, 9.17) is 10.7 Å². The number of hydrogen-bond acceptors (Lipinski definition) is 6. The van der Waals surface area contributed by atoms with E-state index in [-0.39, 0.29) is 0 Å². The van der Waals surface area contributed by atoms with Gasteiger partial charge in [-0.15, -0.1) is 13.2 Å². The molecule has 18 heavy (non-hydrogen) atoms. The van der Waals surface area contributed by atoms with Crippen molar-refractivity contribution in [2.75, 3.05) is 7.11 Å². The molecule has 0 aliphatic heterocycles. The molecule has 0 spiro atoms. The lowest BCUT2D eigenvalue weighted by Crippen LogP contribution is -2.18. The van der Waals surface area contributed by atoms with E-state index in [0.29, 0.717) is 6.20 Å². The average Bonchev–Trinajstić information content (AvgIpc) is 2.13. The van der Waals surface area contributed by atoms with E-state index in [1.165, 1.54) is 0 Å². The zero-order valence-electron chi connectivity index (χ0n) is 8.52. The summed E-state index contributed by atoms with van der Waals surface area (Å²) in [6.07, 6.45) is -4.75. The van der Waals surface area contributed by atoms with Crippen LogP contribution in [-0.4, -0.2) is 32.0 Å². The smallest absolute Gasteiger partial charge is 0.502 e. The van der Waals surface area contributed by atoms with E-state index in [2.05, 4.69) is 14.5 Å². The molecule has 0 aromatic carbocycles. The maximum absolute atomic E-state index is 12.0. The van der Waals surface area contributed by atoms with Crippen molar-refractivity contribution in [3.63, 3.8) is 0 Å². The van der Waals surface area contributed by atoms with E-state index in [0.717, 1.165) is 7.11 Å². The highest BCUT2D eigenvalue weighted by molar-refractivity contribution is 8.13. The average molecular weight is 308 g/mol. The standard InChI is InChI=1S/C7H5ClF3NO5S/c1-16-6-4(13)5(18(8,14)15)3(2-12-6)17-7(9,10)11/h2,13H,1H3. The van der Waals surface area contributed by atoms with Crippen molar-refractivity contribution in [3.8, 4) is 17.4 Å². The van der Waals surface area contributed by atoms with Crippen LogP contribution in [-0.2, 0) is 9.05 Å². The summed E-state index contributed by atoms with van der Waals surface area (Å²) in [5.41, 5.74) is 0. The van der Waals surface area contributed by atoms with Crippen molar-refractivity contribution in [2.45, 2.75) is 11.3 Å². The number of nitrogens with zero attached hydrogens (tertiary/aromatic N) is 1. The van der Waals surface area contributed by atoms with Crippen LogP contribution in [0.3, 0.4) is 0 Å². The third-order valence-electron chi connectivity index (χ3n) is 1.60. The number of ether oxygens (including phenoxy) is 2. The van der Waals surface area contributed by atoms with Gasteiger partial charge in [-0.1, -0.05) is 0 Å². The summed E-state index contributed by atoms with van der Waals surface area (Å²) in [6.45, 7) is 0. The zero-order valence-corrected chi connectivity index (χ0v) is 10.1. The Kier molecular flexibility index (Phi) is 3.81. The normalized spacial score (nSPS) is 12.3.